The van der Waals surface area contributed by atoms with Gasteiger partial charge >= 0.3 is 0 Å². The molecule has 0 aromatic heterocycles. The summed E-state index contributed by atoms with van der Waals surface area (Å²) in [6.07, 6.45) is 4.37. The molecule has 1 heterocycles. The van der Waals surface area contributed by atoms with Crippen molar-refractivity contribution in [1.82, 2.24) is 0 Å². The van der Waals surface area contributed by atoms with Crippen molar-refractivity contribution >= 4 is 17.3 Å². The number of benzene rings is 1. The van der Waals surface area contributed by atoms with Crippen LogP contribution in [0.5, 0.6) is 0 Å². The van der Waals surface area contributed by atoms with E-state index >= 15 is 0 Å². The quantitative estimate of drug-likeness (QED) is 0.903. The molecule has 1 atom stereocenters. The van der Waals surface area contributed by atoms with E-state index in [1.807, 2.05) is 0 Å². The van der Waals surface area contributed by atoms with Gasteiger partial charge in [0.15, 0.2) is 0 Å². The van der Waals surface area contributed by atoms with Crippen molar-refractivity contribution in [1.29, 1.82) is 0 Å². The molecule has 2 nitrogen and oxygen atoms in total. The molecule has 0 amide bonds. The molecule has 0 saturated carbocycles. The lowest BCUT2D eigenvalue weighted by Gasteiger charge is -2.34. The van der Waals surface area contributed by atoms with Crippen LogP contribution in [0.25, 0.3) is 0 Å². The smallest absolute Gasteiger partial charge is 0.0642 e. The van der Waals surface area contributed by atoms with Crippen LogP contribution in [0.3, 0.4) is 0 Å². The van der Waals surface area contributed by atoms with Gasteiger partial charge in [-0.2, -0.15) is 0 Å². The van der Waals surface area contributed by atoms with Crippen LogP contribution >= 0.6 is 11.6 Å². The molecule has 1 unspecified atom stereocenters. The summed E-state index contributed by atoms with van der Waals surface area (Å²) in [4.78, 5) is 2.43. The molecule has 1 aliphatic rings. The Kier molecular flexibility index (Phi) is 4.42. The first-order valence-corrected chi connectivity index (χ1v) is 7.63. The summed E-state index contributed by atoms with van der Waals surface area (Å²) in [5.74, 6) is 0. The minimum absolute atomic E-state index is 0.213. The minimum Gasteiger partial charge on any atom is -0.365 e. The van der Waals surface area contributed by atoms with Crippen LogP contribution in [-0.4, -0.2) is 18.1 Å². The van der Waals surface area contributed by atoms with Crippen LogP contribution in [-0.2, 0) is 6.42 Å². The predicted molar refractivity (Wildman–Crippen MR) is 84.1 cm³/mol. The molecular weight excluding hydrogens is 256 g/mol. The van der Waals surface area contributed by atoms with E-state index in [1.54, 1.807) is 0 Å². The third-order valence-electron chi connectivity index (χ3n) is 4.23. The lowest BCUT2D eigenvalue weighted by molar-refractivity contribution is 0.518. The van der Waals surface area contributed by atoms with Gasteiger partial charge in [0, 0.05) is 18.1 Å². The van der Waals surface area contributed by atoms with Gasteiger partial charge in [0.2, 0.25) is 0 Å². The number of anilines is 1. The fourth-order valence-corrected chi connectivity index (χ4v) is 3.20. The second-order valence-electron chi connectivity index (χ2n) is 6.23. The molecule has 1 aromatic carbocycles. The van der Waals surface area contributed by atoms with E-state index < -0.39 is 0 Å². The maximum atomic E-state index is 6.48. The molecule has 0 radical (unpaired) electrons. The highest BCUT2D eigenvalue weighted by molar-refractivity contribution is 6.33. The summed E-state index contributed by atoms with van der Waals surface area (Å²) in [5, 5.41) is 0.857. The highest BCUT2D eigenvalue weighted by atomic mass is 35.5. The Morgan fingerprint density at radius 3 is 2.68 bits per heavy atom. The zero-order chi connectivity index (χ0) is 14.0. The van der Waals surface area contributed by atoms with Crippen molar-refractivity contribution < 1.29 is 0 Å². The summed E-state index contributed by atoms with van der Waals surface area (Å²) in [6, 6.07) is 6.64. The van der Waals surface area contributed by atoms with Gasteiger partial charge < -0.3 is 10.6 Å². The number of hydrogen-bond donors (Lipinski definition) is 1. The Hall–Kier alpha value is -0.730. The average Bonchev–Trinajstić information content (AvgIpc) is 2.69. The van der Waals surface area contributed by atoms with E-state index in [1.165, 1.54) is 18.4 Å². The molecule has 2 rings (SSSR count). The second-order valence-corrected chi connectivity index (χ2v) is 6.63. The Balaban J connectivity index is 2.20. The van der Waals surface area contributed by atoms with Crippen molar-refractivity contribution in [3.05, 3.63) is 28.8 Å². The normalized spacial score (nSPS) is 19.7. The van der Waals surface area contributed by atoms with Crippen LogP contribution in [0.1, 0.15) is 45.6 Å². The molecule has 0 spiro atoms. The fraction of sp³-hybridized carbons (Fsp3) is 0.625. The predicted octanol–water partition coefficient (Wildman–Crippen LogP) is 4.00. The van der Waals surface area contributed by atoms with Crippen LogP contribution in [0.15, 0.2) is 18.2 Å². The molecule has 1 fully saturated rings. The average molecular weight is 281 g/mol. The SMILES string of the molecule is CCC(N)Cc1ccc(N2CCCC2(C)C)c(Cl)c1. The molecular formula is C16H25ClN2. The Labute approximate surface area is 121 Å². The van der Waals surface area contributed by atoms with Gasteiger partial charge in [0.1, 0.15) is 0 Å². The molecule has 0 aliphatic carbocycles. The summed E-state index contributed by atoms with van der Waals surface area (Å²) >= 11 is 6.48. The van der Waals surface area contributed by atoms with Crippen LogP contribution in [0.2, 0.25) is 5.02 Å². The van der Waals surface area contributed by atoms with Gasteiger partial charge in [-0.05, 0) is 57.2 Å². The molecule has 3 heteroatoms. The highest BCUT2D eigenvalue weighted by Crippen LogP contribution is 2.37. The molecule has 1 aromatic rings. The van der Waals surface area contributed by atoms with Crippen molar-refractivity contribution in [2.45, 2.75) is 58.0 Å². The first-order chi connectivity index (χ1) is 8.94. The van der Waals surface area contributed by atoms with E-state index in [0.29, 0.717) is 0 Å². The topological polar surface area (TPSA) is 29.3 Å². The standard InChI is InChI=1S/C16H25ClN2/c1-4-13(18)10-12-6-7-15(14(17)11-12)19-9-5-8-16(19,2)3/h6-7,11,13H,4-5,8-10,18H2,1-3H3. The summed E-state index contributed by atoms with van der Waals surface area (Å²) in [5.41, 5.74) is 8.62. The van der Waals surface area contributed by atoms with Crippen LogP contribution < -0.4 is 10.6 Å². The van der Waals surface area contributed by atoms with Crippen molar-refractivity contribution in [3.8, 4) is 0 Å². The van der Waals surface area contributed by atoms with E-state index in [0.717, 1.165) is 30.1 Å². The lowest BCUT2D eigenvalue weighted by atomic mass is 10.0. The third-order valence-corrected chi connectivity index (χ3v) is 4.53. The van der Waals surface area contributed by atoms with E-state index in [9.17, 15) is 0 Å². The zero-order valence-corrected chi connectivity index (χ0v) is 13.0. The van der Waals surface area contributed by atoms with Crippen molar-refractivity contribution in [2.75, 3.05) is 11.4 Å². The zero-order valence-electron chi connectivity index (χ0n) is 12.2. The fourth-order valence-electron chi connectivity index (χ4n) is 2.90. The van der Waals surface area contributed by atoms with E-state index in [-0.39, 0.29) is 11.6 Å². The van der Waals surface area contributed by atoms with Crippen LogP contribution in [0, 0.1) is 0 Å². The molecule has 19 heavy (non-hydrogen) atoms. The van der Waals surface area contributed by atoms with Crippen molar-refractivity contribution in [2.24, 2.45) is 5.73 Å². The number of nitrogens with zero attached hydrogens (tertiary/aromatic N) is 1. The van der Waals surface area contributed by atoms with Crippen molar-refractivity contribution in [3.63, 3.8) is 0 Å². The number of halogens is 1. The highest BCUT2D eigenvalue weighted by Gasteiger charge is 2.32. The summed E-state index contributed by atoms with van der Waals surface area (Å²) in [6.45, 7) is 7.79. The molecule has 1 saturated heterocycles. The van der Waals surface area contributed by atoms with Gasteiger partial charge in [-0.1, -0.05) is 24.6 Å². The number of nitrogens with two attached hydrogens (primary N) is 1. The molecule has 0 bridgehead atoms. The minimum atomic E-state index is 0.213. The van der Waals surface area contributed by atoms with Gasteiger partial charge in [-0.15, -0.1) is 0 Å². The Morgan fingerprint density at radius 1 is 1.42 bits per heavy atom. The van der Waals surface area contributed by atoms with Gasteiger partial charge in [0.05, 0.1) is 10.7 Å². The molecule has 2 N–H and O–H groups in total. The van der Waals surface area contributed by atoms with Gasteiger partial charge in [0.25, 0.3) is 0 Å². The maximum Gasteiger partial charge on any atom is 0.0642 e. The maximum absolute atomic E-state index is 6.48. The molecule has 1 aliphatic heterocycles. The third kappa shape index (κ3) is 3.24. The Morgan fingerprint density at radius 2 is 2.16 bits per heavy atom. The van der Waals surface area contributed by atoms with E-state index in [4.69, 9.17) is 17.3 Å². The lowest BCUT2D eigenvalue weighted by Crippen LogP contribution is -2.38. The summed E-state index contributed by atoms with van der Waals surface area (Å²) in [7, 11) is 0. The first-order valence-electron chi connectivity index (χ1n) is 7.25. The second kappa shape index (κ2) is 5.72. The van der Waals surface area contributed by atoms with Crippen LogP contribution in [0.4, 0.5) is 5.69 Å². The Bertz CT molecular complexity index is 442. The van der Waals surface area contributed by atoms with Gasteiger partial charge in [-0.3, -0.25) is 0 Å². The monoisotopic (exact) mass is 280 g/mol. The molecule has 106 valence electrons. The number of rotatable bonds is 4. The largest absolute Gasteiger partial charge is 0.365 e. The first kappa shape index (κ1) is 14.7. The number of hydrogen-bond acceptors (Lipinski definition) is 2. The van der Waals surface area contributed by atoms with E-state index in [2.05, 4.69) is 43.9 Å². The van der Waals surface area contributed by atoms with Gasteiger partial charge in [-0.25, -0.2) is 0 Å². The summed E-state index contributed by atoms with van der Waals surface area (Å²) < 4.78 is 0.